The molecule has 1 heterocycles. The number of carbonyl (C=O) groups is 1. The fourth-order valence-corrected chi connectivity index (χ4v) is 4.99. The number of ether oxygens (including phenoxy) is 1. The van der Waals surface area contributed by atoms with E-state index < -0.39 is 0 Å². The number of likely N-dealkylation sites (tertiary alicyclic amines) is 1. The second-order valence-electron chi connectivity index (χ2n) is 9.20. The first-order valence-electron chi connectivity index (χ1n) is 12.8. The summed E-state index contributed by atoms with van der Waals surface area (Å²) in [7, 11) is 1.59. The molecule has 1 fully saturated rings. The van der Waals surface area contributed by atoms with Crippen LogP contribution in [0.2, 0.25) is 0 Å². The van der Waals surface area contributed by atoms with Crippen molar-refractivity contribution in [1.29, 1.82) is 0 Å². The van der Waals surface area contributed by atoms with Gasteiger partial charge in [-0.1, -0.05) is 30.3 Å². The lowest BCUT2D eigenvalue weighted by Gasteiger charge is -2.40. The molecule has 1 aliphatic heterocycles. The highest BCUT2D eigenvalue weighted by atomic mass is 19.1. The Morgan fingerprint density at radius 2 is 1.64 bits per heavy atom. The molecule has 190 valence electrons. The SMILES string of the molecule is CCN(CC)C(=O)c1ccc(N(c2cc(OC)ccc2F)C2CCN(Cc3ccccc3)CC2)cc1. The van der Waals surface area contributed by atoms with E-state index in [-0.39, 0.29) is 17.8 Å². The lowest BCUT2D eigenvalue weighted by Crippen LogP contribution is -2.43. The van der Waals surface area contributed by atoms with Crippen molar-refractivity contribution in [2.45, 2.75) is 39.3 Å². The average Bonchev–Trinajstić information content (AvgIpc) is 2.92. The molecular formula is C30H36FN3O2. The smallest absolute Gasteiger partial charge is 0.253 e. The molecule has 0 bridgehead atoms. The van der Waals surface area contributed by atoms with Gasteiger partial charge in [0, 0.05) is 56.1 Å². The van der Waals surface area contributed by atoms with E-state index in [1.165, 1.54) is 11.6 Å². The van der Waals surface area contributed by atoms with Gasteiger partial charge in [0.1, 0.15) is 11.6 Å². The van der Waals surface area contributed by atoms with Gasteiger partial charge in [-0.25, -0.2) is 4.39 Å². The summed E-state index contributed by atoms with van der Waals surface area (Å²) in [5.41, 5.74) is 3.32. The van der Waals surface area contributed by atoms with Gasteiger partial charge in [-0.05, 0) is 68.7 Å². The van der Waals surface area contributed by atoms with E-state index in [9.17, 15) is 4.79 Å². The standard InChI is InChI=1S/C30H36FN3O2/c1-4-33(5-2)30(35)24-11-13-25(14-12-24)34(29-21-27(36-3)15-16-28(29)31)26-17-19-32(20-18-26)22-23-9-7-6-8-10-23/h6-16,21,26H,4-5,17-20,22H2,1-3H3. The number of carbonyl (C=O) groups excluding carboxylic acids is 1. The van der Waals surface area contributed by atoms with Gasteiger partial charge in [0.15, 0.2) is 0 Å². The number of halogens is 1. The molecule has 0 aliphatic carbocycles. The zero-order valence-corrected chi connectivity index (χ0v) is 21.5. The number of nitrogens with zero attached hydrogens (tertiary/aromatic N) is 3. The molecule has 0 atom stereocenters. The van der Waals surface area contributed by atoms with Crippen molar-refractivity contribution in [2.75, 3.05) is 38.2 Å². The Balaban J connectivity index is 1.59. The summed E-state index contributed by atoms with van der Waals surface area (Å²) in [6.45, 7) is 8.07. The summed E-state index contributed by atoms with van der Waals surface area (Å²) in [6, 6.07) is 23.1. The summed E-state index contributed by atoms with van der Waals surface area (Å²) in [5.74, 6) is 0.344. The van der Waals surface area contributed by atoms with Crippen LogP contribution in [0.1, 0.15) is 42.6 Å². The van der Waals surface area contributed by atoms with Crippen LogP contribution in [-0.2, 0) is 6.54 Å². The Morgan fingerprint density at radius 1 is 0.972 bits per heavy atom. The maximum atomic E-state index is 15.2. The highest BCUT2D eigenvalue weighted by molar-refractivity contribution is 5.94. The van der Waals surface area contributed by atoms with Gasteiger partial charge in [-0.15, -0.1) is 0 Å². The van der Waals surface area contributed by atoms with E-state index in [0.29, 0.717) is 30.1 Å². The molecule has 0 aromatic heterocycles. The quantitative estimate of drug-likeness (QED) is 0.363. The largest absolute Gasteiger partial charge is 0.497 e. The van der Waals surface area contributed by atoms with Crippen LogP contribution in [0.25, 0.3) is 0 Å². The van der Waals surface area contributed by atoms with Crippen LogP contribution in [0.15, 0.2) is 72.8 Å². The van der Waals surface area contributed by atoms with Crippen molar-refractivity contribution in [3.63, 3.8) is 0 Å². The molecule has 1 saturated heterocycles. The van der Waals surface area contributed by atoms with Crippen LogP contribution in [0.5, 0.6) is 5.75 Å². The van der Waals surface area contributed by atoms with Gasteiger partial charge < -0.3 is 14.5 Å². The van der Waals surface area contributed by atoms with Crippen LogP contribution >= 0.6 is 0 Å². The lowest BCUT2D eigenvalue weighted by atomic mass is 10.00. The predicted molar refractivity (Wildman–Crippen MR) is 144 cm³/mol. The maximum Gasteiger partial charge on any atom is 0.253 e. The van der Waals surface area contributed by atoms with Crippen molar-refractivity contribution >= 4 is 17.3 Å². The molecular weight excluding hydrogens is 453 g/mol. The Hall–Kier alpha value is -3.38. The minimum absolute atomic E-state index is 0.0138. The summed E-state index contributed by atoms with van der Waals surface area (Å²) < 4.78 is 20.6. The van der Waals surface area contributed by atoms with Crippen LogP contribution in [0, 0.1) is 5.82 Å². The van der Waals surface area contributed by atoms with Crippen molar-refractivity contribution in [3.05, 3.63) is 89.7 Å². The maximum absolute atomic E-state index is 15.2. The fraction of sp³-hybridized carbons (Fsp3) is 0.367. The molecule has 3 aromatic rings. The van der Waals surface area contributed by atoms with Crippen LogP contribution in [-0.4, -0.2) is 55.0 Å². The Labute approximate surface area is 214 Å². The molecule has 3 aromatic carbocycles. The molecule has 0 N–H and O–H groups in total. The predicted octanol–water partition coefficient (Wildman–Crippen LogP) is 6.12. The average molecular weight is 490 g/mol. The zero-order valence-electron chi connectivity index (χ0n) is 21.5. The van der Waals surface area contributed by atoms with Crippen molar-refractivity contribution in [1.82, 2.24) is 9.80 Å². The number of benzene rings is 3. The van der Waals surface area contributed by atoms with Crippen molar-refractivity contribution < 1.29 is 13.9 Å². The number of piperidine rings is 1. The number of rotatable bonds is 9. The molecule has 0 saturated carbocycles. The Kier molecular flexibility index (Phi) is 8.60. The number of amides is 1. The second-order valence-corrected chi connectivity index (χ2v) is 9.20. The fourth-order valence-electron chi connectivity index (χ4n) is 4.99. The molecule has 0 radical (unpaired) electrons. The third kappa shape index (κ3) is 5.88. The van der Waals surface area contributed by atoms with Gasteiger partial charge in [-0.3, -0.25) is 9.69 Å². The summed E-state index contributed by atoms with van der Waals surface area (Å²) in [6.07, 6.45) is 1.81. The Morgan fingerprint density at radius 3 is 2.25 bits per heavy atom. The molecule has 4 rings (SSSR count). The van der Waals surface area contributed by atoms with Crippen LogP contribution < -0.4 is 9.64 Å². The molecule has 6 heteroatoms. The topological polar surface area (TPSA) is 36.0 Å². The third-order valence-electron chi connectivity index (χ3n) is 7.03. The first-order valence-corrected chi connectivity index (χ1v) is 12.8. The number of anilines is 2. The van der Waals surface area contributed by atoms with Gasteiger partial charge in [0.2, 0.25) is 0 Å². The summed E-state index contributed by atoms with van der Waals surface area (Å²) >= 11 is 0. The second kappa shape index (κ2) is 12.0. The number of methoxy groups -OCH3 is 1. The van der Waals surface area contributed by atoms with Crippen LogP contribution in [0.4, 0.5) is 15.8 Å². The highest BCUT2D eigenvalue weighted by Crippen LogP contribution is 2.36. The molecule has 0 unspecified atom stereocenters. The van der Waals surface area contributed by atoms with Gasteiger partial charge in [-0.2, -0.15) is 0 Å². The summed E-state index contributed by atoms with van der Waals surface area (Å²) in [4.78, 5) is 19.2. The normalized spacial score (nSPS) is 14.4. The zero-order chi connectivity index (χ0) is 25.5. The molecule has 5 nitrogen and oxygen atoms in total. The van der Waals surface area contributed by atoms with E-state index in [1.807, 2.05) is 44.2 Å². The van der Waals surface area contributed by atoms with E-state index in [2.05, 4.69) is 34.1 Å². The molecule has 1 amide bonds. The number of hydrogen-bond acceptors (Lipinski definition) is 4. The van der Waals surface area contributed by atoms with Crippen molar-refractivity contribution in [2.24, 2.45) is 0 Å². The van der Waals surface area contributed by atoms with Gasteiger partial charge in [0.05, 0.1) is 12.8 Å². The molecule has 36 heavy (non-hydrogen) atoms. The van der Waals surface area contributed by atoms with E-state index in [0.717, 1.165) is 38.2 Å². The van der Waals surface area contributed by atoms with Gasteiger partial charge >= 0.3 is 0 Å². The van der Waals surface area contributed by atoms with E-state index in [4.69, 9.17) is 4.74 Å². The molecule has 0 spiro atoms. The minimum atomic E-state index is -0.286. The Bertz CT molecular complexity index is 1120. The summed E-state index contributed by atoms with van der Waals surface area (Å²) in [5, 5.41) is 0. The number of hydrogen-bond donors (Lipinski definition) is 0. The van der Waals surface area contributed by atoms with E-state index >= 15 is 4.39 Å². The van der Waals surface area contributed by atoms with Gasteiger partial charge in [0.25, 0.3) is 5.91 Å². The first kappa shape index (κ1) is 25.7. The first-order chi connectivity index (χ1) is 17.5. The monoisotopic (exact) mass is 489 g/mol. The molecule has 1 aliphatic rings. The van der Waals surface area contributed by atoms with E-state index in [1.54, 1.807) is 24.1 Å². The third-order valence-corrected chi connectivity index (χ3v) is 7.03. The minimum Gasteiger partial charge on any atom is -0.497 e. The lowest BCUT2D eigenvalue weighted by molar-refractivity contribution is 0.0773. The highest BCUT2D eigenvalue weighted by Gasteiger charge is 2.28. The van der Waals surface area contributed by atoms with Crippen LogP contribution in [0.3, 0.4) is 0 Å². The van der Waals surface area contributed by atoms with Crippen molar-refractivity contribution in [3.8, 4) is 5.75 Å².